The van der Waals surface area contributed by atoms with Crippen LogP contribution < -0.4 is 14.2 Å². The van der Waals surface area contributed by atoms with Crippen molar-refractivity contribution in [3.8, 4) is 28.4 Å². The number of rotatable bonds is 8. The van der Waals surface area contributed by atoms with Gasteiger partial charge in [0.05, 0.1) is 51.7 Å². The number of nitrogens with zero attached hydrogens (tertiary/aromatic N) is 2. The first-order valence-electron chi connectivity index (χ1n) is 10.4. The predicted octanol–water partition coefficient (Wildman–Crippen LogP) is 5.07. The quantitative estimate of drug-likeness (QED) is 0.455. The lowest BCUT2D eigenvalue weighted by atomic mass is 9.93. The summed E-state index contributed by atoms with van der Waals surface area (Å²) in [6.45, 7) is 0. The minimum Gasteiger partial charge on any atom is -0.493 e. The molecule has 0 bridgehead atoms. The van der Waals surface area contributed by atoms with Gasteiger partial charge in [-0.2, -0.15) is 0 Å². The molecule has 33 heavy (non-hydrogen) atoms. The molecular formula is C27H25N2O4+. The molecule has 2 aromatic carbocycles. The highest BCUT2D eigenvalue weighted by molar-refractivity contribution is 5.82. The minimum atomic E-state index is 0.548. The van der Waals surface area contributed by atoms with E-state index >= 15 is 0 Å². The molecule has 4 rings (SSSR count). The largest absolute Gasteiger partial charge is 0.493 e. The average Bonchev–Trinajstić information content (AvgIpc) is 2.88. The molecule has 0 aliphatic heterocycles. The van der Waals surface area contributed by atoms with E-state index in [4.69, 9.17) is 18.9 Å². The Morgan fingerprint density at radius 3 is 2.00 bits per heavy atom. The Bertz CT molecular complexity index is 1190. The monoisotopic (exact) mass is 441 g/mol. The number of hydrogen-bond acceptors (Lipinski definition) is 6. The highest BCUT2D eigenvalue weighted by Crippen LogP contribution is 2.41. The fourth-order valence-electron chi connectivity index (χ4n) is 3.75. The minimum absolute atomic E-state index is 0.548. The van der Waals surface area contributed by atoms with Crippen molar-refractivity contribution in [2.45, 2.75) is 6.42 Å². The van der Waals surface area contributed by atoms with Crippen LogP contribution in [0.1, 0.15) is 11.1 Å². The number of benzene rings is 2. The Hall–Kier alpha value is -4.15. The van der Waals surface area contributed by atoms with E-state index < -0.39 is 0 Å². The first kappa shape index (κ1) is 22.1. The van der Waals surface area contributed by atoms with Gasteiger partial charge in [0.1, 0.15) is 18.0 Å². The summed E-state index contributed by atoms with van der Waals surface area (Å²) in [4.78, 5) is 8.18. The van der Waals surface area contributed by atoms with Gasteiger partial charge in [-0.1, -0.05) is 24.3 Å². The maximum absolute atomic E-state index is 5.59. The lowest BCUT2D eigenvalue weighted by Gasteiger charge is -2.14. The average molecular weight is 442 g/mol. The van der Waals surface area contributed by atoms with Crippen LogP contribution in [-0.4, -0.2) is 38.4 Å². The second-order valence-corrected chi connectivity index (χ2v) is 7.37. The molecule has 0 fully saturated rings. The van der Waals surface area contributed by atoms with E-state index in [9.17, 15) is 0 Å². The van der Waals surface area contributed by atoms with Gasteiger partial charge in [-0.3, -0.25) is 0 Å². The highest BCUT2D eigenvalue weighted by Gasteiger charge is 2.25. The van der Waals surface area contributed by atoms with Crippen molar-refractivity contribution in [2.75, 3.05) is 28.4 Å². The maximum Gasteiger partial charge on any atom is 0.297 e. The van der Waals surface area contributed by atoms with E-state index in [2.05, 4.69) is 46.4 Å². The van der Waals surface area contributed by atoms with Crippen LogP contribution in [0.2, 0.25) is 0 Å². The van der Waals surface area contributed by atoms with Gasteiger partial charge in [0.15, 0.2) is 11.5 Å². The Balaban J connectivity index is 1.64. The first-order valence-corrected chi connectivity index (χ1v) is 10.4. The fraction of sp³-hybridized carbons (Fsp3) is 0.185. The van der Waals surface area contributed by atoms with Gasteiger partial charge in [-0.05, 0) is 11.1 Å². The second-order valence-electron chi connectivity index (χ2n) is 7.37. The van der Waals surface area contributed by atoms with Gasteiger partial charge in [0.25, 0.3) is 5.76 Å². The van der Waals surface area contributed by atoms with E-state index in [0.29, 0.717) is 23.0 Å². The molecule has 1 aromatic heterocycles. The lowest BCUT2D eigenvalue weighted by molar-refractivity contribution is 0.305. The van der Waals surface area contributed by atoms with E-state index in [1.165, 1.54) is 11.9 Å². The molecule has 0 spiro atoms. The van der Waals surface area contributed by atoms with Crippen LogP contribution in [0.5, 0.6) is 17.2 Å². The van der Waals surface area contributed by atoms with Crippen LogP contribution in [0.25, 0.3) is 16.7 Å². The predicted molar refractivity (Wildman–Crippen MR) is 127 cm³/mol. The molecule has 0 atom stereocenters. The van der Waals surface area contributed by atoms with Crippen molar-refractivity contribution in [3.05, 3.63) is 95.8 Å². The van der Waals surface area contributed by atoms with Gasteiger partial charge in [0.2, 0.25) is 5.75 Å². The van der Waals surface area contributed by atoms with Crippen LogP contribution in [0.3, 0.4) is 0 Å². The van der Waals surface area contributed by atoms with Crippen molar-refractivity contribution in [1.82, 2.24) is 9.97 Å². The van der Waals surface area contributed by atoms with Crippen molar-refractivity contribution in [2.24, 2.45) is 0 Å². The molecule has 1 heterocycles. The van der Waals surface area contributed by atoms with Crippen molar-refractivity contribution in [3.63, 3.8) is 0 Å². The summed E-state index contributed by atoms with van der Waals surface area (Å²) in [5.41, 5.74) is 6.15. The summed E-state index contributed by atoms with van der Waals surface area (Å²) in [7, 11) is 6.43. The van der Waals surface area contributed by atoms with Gasteiger partial charge in [-0.25, -0.2) is 9.97 Å². The Morgan fingerprint density at radius 1 is 0.758 bits per heavy atom. The zero-order valence-electron chi connectivity index (χ0n) is 19.1. The molecule has 6 heteroatoms. The van der Waals surface area contributed by atoms with Crippen LogP contribution in [-0.2, 0) is 11.2 Å². The molecule has 0 saturated carbocycles. The lowest BCUT2D eigenvalue weighted by Crippen LogP contribution is -2.01. The zero-order valence-corrected chi connectivity index (χ0v) is 19.1. The van der Waals surface area contributed by atoms with Gasteiger partial charge in [0, 0.05) is 36.5 Å². The topological polar surface area (TPSA) is 62.7 Å². The zero-order chi connectivity index (χ0) is 23.2. The SMILES string of the molecule is COC1=C(c2cc(OC)c(OC)c(OC)c2)C=C(Cc2ccc(-c3cncnc3)cc2)C=[C+]1. The summed E-state index contributed by atoms with van der Waals surface area (Å²) >= 11 is 0. The third kappa shape index (κ3) is 4.71. The Morgan fingerprint density at radius 2 is 1.42 bits per heavy atom. The van der Waals surface area contributed by atoms with E-state index in [1.807, 2.05) is 30.6 Å². The number of aromatic nitrogens is 2. The summed E-state index contributed by atoms with van der Waals surface area (Å²) in [6, 6.07) is 12.2. The van der Waals surface area contributed by atoms with Crippen molar-refractivity contribution >= 4 is 5.57 Å². The smallest absolute Gasteiger partial charge is 0.297 e. The molecule has 0 unspecified atom stereocenters. The number of hydrogen-bond donors (Lipinski definition) is 0. The third-order valence-electron chi connectivity index (χ3n) is 5.40. The highest BCUT2D eigenvalue weighted by atomic mass is 16.5. The van der Waals surface area contributed by atoms with Crippen LogP contribution in [0.4, 0.5) is 0 Å². The molecule has 1 aliphatic rings. The summed E-state index contributed by atoms with van der Waals surface area (Å²) in [6.07, 6.45) is 13.2. The normalized spacial score (nSPS) is 12.7. The summed E-state index contributed by atoms with van der Waals surface area (Å²) in [5, 5.41) is 0. The molecule has 3 aromatic rings. The Labute approximate surface area is 193 Å². The van der Waals surface area contributed by atoms with E-state index in [1.54, 1.807) is 28.4 Å². The molecule has 0 amide bonds. The molecule has 166 valence electrons. The first-order chi connectivity index (χ1) is 16.2. The third-order valence-corrected chi connectivity index (χ3v) is 5.40. The maximum atomic E-state index is 5.59. The number of allylic oxidation sites excluding steroid dienone is 5. The van der Waals surface area contributed by atoms with E-state index in [-0.39, 0.29) is 0 Å². The molecule has 0 saturated heterocycles. The molecule has 1 aliphatic carbocycles. The van der Waals surface area contributed by atoms with Crippen LogP contribution >= 0.6 is 0 Å². The van der Waals surface area contributed by atoms with Crippen molar-refractivity contribution < 1.29 is 18.9 Å². The second kappa shape index (κ2) is 9.98. The Kier molecular flexibility index (Phi) is 6.67. The van der Waals surface area contributed by atoms with Crippen LogP contribution in [0.15, 0.2) is 78.6 Å². The summed E-state index contributed by atoms with van der Waals surface area (Å²) in [5.74, 6) is 2.36. The number of methoxy groups -OCH3 is 4. The standard InChI is InChI=1S/C27H25N2O4/c1-30-24-10-7-19(11-18-5-8-20(9-6-18)22-15-28-17-29-16-22)12-23(24)21-13-25(31-2)27(33-4)26(14-21)32-3/h5-9,12-17H,11H2,1-4H3/q+1. The van der Waals surface area contributed by atoms with Gasteiger partial charge < -0.3 is 18.9 Å². The van der Waals surface area contributed by atoms with Gasteiger partial charge >= 0.3 is 0 Å². The van der Waals surface area contributed by atoms with E-state index in [0.717, 1.165) is 34.3 Å². The van der Waals surface area contributed by atoms with Crippen molar-refractivity contribution in [1.29, 1.82) is 0 Å². The number of ether oxygens (including phenoxy) is 4. The molecular weight excluding hydrogens is 416 g/mol. The fourth-order valence-corrected chi connectivity index (χ4v) is 3.75. The van der Waals surface area contributed by atoms with Crippen LogP contribution in [0, 0.1) is 6.08 Å². The molecule has 0 N–H and O–H groups in total. The summed E-state index contributed by atoms with van der Waals surface area (Å²) < 4.78 is 22.1. The molecule has 0 radical (unpaired) electrons. The molecule has 6 nitrogen and oxygen atoms in total. The van der Waals surface area contributed by atoms with Gasteiger partial charge in [-0.15, -0.1) is 0 Å².